The number of benzene rings is 1. The van der Waals surface area contributed by atoms with Crippen molar-refractivity contribution in [3.8, 4) is 6.07 Å². The fraction of sp³-hybridized carbons (Fsp3) is 0.250. The average Bonchev–Trinajstić information content (AvgIpc) is 2.75. The first-order chi connectivity index (χ1) is 7.86. The van der Waals surface area contributed by atoms with Gasteiger partial charge in [0.25, 0.3) is 0 Å². The molecule has 82 valence electrons. The lowest BCUT2D eigenvalue weighted by atomic mass is 10.1. The Labute approximate surface area is 97.5 Å². The lowest BCUT2D eigenvalue weighted by Gasteiger charge is -2.08. The van der Waals surface area contributed by atoms with E-state index in [1.165, 1.54) is 0 Å². The molecule has 0 fully saturated rings. The van der Waals surface area contributed by atoms with E-state index in [4.69, 9.17) is 15.1 Å². The minimum atomic E-state index is -0.594. The normalized spacial score (nSPS) is 12.5. The molecule has 3 nitrogen and oxygen atoms in total. The lowest BCUT2D eigenvalue weighted by molar-refractivity contribution is 0.0590. The van der Waals surface area contributed by atoms with Gasteiger partial charge in [0.05, 0.1) is 19.3 Å². The van der Waals surface area contributed by atoms with E-state index in [9.17, 15) is 0 Å². The number of nitriles is 1. The van der Waals surface area contributed by atoms with Gasteiger partial charge in [0.15, 0.2) is 6.10 Å². The van der Waals surface area contributed by atoms with Crippen LogP contribution in [-0.4, -0.2) is 18.3 Å². The van der Waals surface area contributed by atoms with Gasteiger partial charge in [-0.15, -0.1) is 11.3 Å². The maximum atomic E-state index is 9.03. The zero-order chi connectivity index (χ0) is 11.4. The average molecular weight is 233 g/mol. The minimum Gasteiger partial charge on any atom is -0.394 e. The standard InChI is InChI=1S/C12H11NO2S/c13-7-11(15-6-5-14)10-8-16-12-4-2-1-3-9(10)12/h1-4,8,11,14H,5-6H2. The second-order valence-corrected chi connectivity index (χ2v) is 4.20. The lowest BCUT2D eigenvalue weighted by Crippen LogP contribution is -2.05. The fourth-order valence-electron chi connectivity index (χ4n) is 1.57. The summed E-state index contributed by atoms with van der Waals surface area (Å²) in [5, 5.41) is 20.7. The molecule has 0 radical (unpaired) electrons. The van der Waals surface area contributed by atoms with Crippen molar-refractivity contribution < 1.29 is 9.84 Å². The van der Waals surface area contributed by atoms with Crippen LogP contribution in [0.1, 0.15) is 11.7 Å². The van der Waals surface area contributed by atoms with Gasteiger partial charge < -0.3 is 9.84 Å². The summed E-state index contributed by atoms with van der Waals surface area (Å²) in [5.74, 6) is 0. The van der Waals surface area contributed by atoms with E-state index in [0.29, 0.717) is 0 Å². The summed E-state index contributed by atoms with van der Waals surface area (Å²) in [6, 6.07) is 10.0. The van der Waals surface area contributed by atoms with Gasteiger partial charge in [-0.2, -0.15) is 5.26 Å². The maximum absolute atomic E-state index is 9.03. The number of aliphatic hydroxyl groups excluding tert-OH is 1. The third-order valence-corrected chi connectivity index (χ3v) is 3.27. The maximum Gasteiger partial charge on any atom is 0.170 e. The second kappa shape index (κ2) is 5.08. The van der Waals surface area contributed by atoms with Crippen LogP contribution in [0, 0.1) is 11.3 Å². The van der Waals surface area contributed by atoms with Crippen LogP contribution in [0.2, 0.25) is 0 Å². The van der Waals surface area contributed by atoms with Crippen molar-refractivity contribution in [3.63, 3.8) is 0 Å². The molecule has 0 aliphatic carbocycles. The molecule has 1 aromatic carbocycles. The summed E-state index contributed by atoms with van der Waals surface area (Å²) >= 11 is 1.60. The Bertz CT molecular complexity index is 515. The largest absolute Gasteiger partial charge is 0.394 e. The second-order valence-electron chi connectivity index (χ2n) is 3.29. The van der Waals surface area contributed by atoms with Crippen LogP contribution < -0.4 is 0 Å². The molecule has 0 spiro atoms. The number of aliphatic hydroxyl groups is 1. The molecule has 1 aromatic heterocycles. The van der Waals surface area contributed by atoms with Crippen LogP contribution in [0.15, 0.2) is 29.6 Å². The highest BCUT2D eigenvalue weighted by Crippen LogP contribution is 2.31. The number of thiophene rings is 1. The molecule has 0 aliphatic heterocycles. The van der Waals surface area contributed by atoms with Crippen LogP contribution in [-0.2, 0) is 4.74 Å². The summed E-state index contributed by atoms with van der Waals surface area (Å²) in [7, 11) is 0. The Kier molecular flexibility index (Phi) is 3.52. The fourth-order valence-corrected chi connectivity index (χ4v) is 2.54. The first kappa shape index (κ1) is 11.1. The minimum absolute atomic E-state index is 0.0692. The summed E-state index contributed by atoms with van der Waals surface area (Å²) in [4.78, 5) is 0. The van der Waals surface area contributed by atoms with Gasteiger partial charge in [0.2, 0.25) is 0 Å². The third-order valence-electron chi connectivity index (χ3n) is 2.29. The molecule has 0 aliphatic rings. The van der Waals surface area contributed by atoms with Gasteiger partial charge in [-0.05, 0) is 16.8 Å². The summed E-state index contributed by atoms with van der Waals surface area (Å²) in [6.07, 6.45) is -0.594. The van der Waals surface area contributed by atoms with Crippen LogP contribution in [0.25, 0.3) is 10.1 Å². The highest BCUT2D eigenvalue weighted by atomic mass is 32.1. The zero-order valence-electron chi connectivity index (χ0n) is 8.59. The van der Waals surface area contributed by atoms with Crippen LogP contribution in [0.3, 0.4) is 0 Å². The van der Waals surface area contributed by atoms with E-state index in [2.05, 4.69) is 6.07 Å². The van der Waals surface area contributed by atoms with Gasteiger partial charge in [0, 0.05) is 10.3 Å². The molecule has 1 N–H and O–H groups in total. The van der Waals surface area contributed by atoms with Crippen LogP contribution >= 0.6 is 11.3 Å². The van der Waals surface area contributed by atoms with Crippen molar-refractivity contribution in [2.45, 2.75) is 6.10 Å². The van der Waals surface area contributed by atoms with E-state index >= 15 is 0 Å². The summed E-state index contributed by atoms with van der Waals surface area (Å²) in [5.41, 5.74) is 0.886. The highest BCUT2D eigenvalue weighted by molar-refractivity contribution is 7.17. The van der Waals surface area contributed by atoms with Crippen LogP contribution in [0.4, 0.5) is 0 Å². The number of hydrogen-bond donors (Lipinski definition) is 1. The number of rotatable bonds is 4. The van der Waals surface area contributed by atoms with Gasteiger partial charge >= 0.3 is 0 Å². The molecular formula is C12H11NO2S. The molecule has 0 amide bonds. The molecule has 16 heavy (non-hydrogen) atoms. The molecule has 1 unspecified atom stereocenters. The van der Waals surface area contributed by atoms with Crippen molar-refractivity contribution in [1.82, 2.24) is 0 Å². The van der Waals surface area contributed by atoms with Gasteiger partial charge in [-0.1, -0.05) is 18.2 Å². The first-order valence-corrected chi connectivity index (χ1v) is 5.83. The van der Waals surface area contributed by atoms with Crippen molar-refractivity contribution >= 4 is 21.4 Å². The monoisotopic (exact) mass is 233 g/mol. The third kappa shape index (κ3) is 2.07. The molecular weight excluding hydrogens is 222 g/mol. The Hall–Kier alpha value is -1.41. The first-order valence-electron chi connectivity index (χ1n) is 4.95. The van der Waals surface area contributed by atoms with Crippen molar-refractivity contribution in [3.05, 3.63) is 35.2 Å². The van der Waals surface area contributed by atoms with E-state index < -0.39 is 6.10 Å². The van der Waals surface area contributed by atoms with Crippen molar-refractivity contribution in [2.75, 3.05) is 13.2 Å². The van der Waals surface area contributed by atoms with Gasteiger partial charge in [-0.3, -0.25) is 0 Å². The predicted octanol–water partition coefficient (Wildman–Crippen LogP) is 2.47. The van der Waals surface area contributed by atoms with Crippen molar-refractivity contribution in [2.24, 2.45) is 0 Å². The molecule has 0 bridgehead atoms. The molecule has 0 saturated heterocycles. The molecule has 2 rings (SSSR count). The number of fused-ring (bicyclic) bond motifs is 1. The topological polar surface area (TPSA) is 53.2 Å². The SMILES string of the molecule is N#CC(OCCO)c1csc2ccccc12. The molecule has 0 saturated carbocycles. The quantitative estimate of drug-likeness (QED) is 0.882. The van der Waals surface area contributed by atoms with E-state index in [0.717, 1.165) is 15.6 Å². The Balaban J connectivity index is 2.34. The summed E-state index contributed by atoms with van der Waals surface area (Å²) in [6.45, 7) is 0.114. The van der Waals surface area contributed by atoms with Crippen molar-refractivity contribution in [1.29, 1.82) is 5.26 Å². The molecule has 4 heteroatoms. The Morgan fingerprint density at radius 1 is 1.44 bits per heavy atom. The van der Waals surface area contributed by atoms with Crippen LogP contribution in [0.5, 0.6) is 0 Å². The predicted molar refractivity (Wildman–Crippen MR) is 63.2 cm³/mol. The molecule has 1 heterocycles. The number of nitrogens with zero attached hydrogens (tertiary/aromatic N) is 1. The number of ether oxygens (including phenoxy) is 1. The molecule has 2 aromatic rings. The highest BCUT2D eigenvalue weighted by Gasteiger charge is 2.15. The number of hydrogen-bond acceptors (Lipinski definition) is 4. The Morgan fingerprint density at radius 3 is 3.00 bits per heavy atom. The summed E-state index contributed by atoms with van der Waals surface area (Å²) < 4.78 is 6.43. The van der Waals surface area contributed by atoms with E-state index in [-0.39, 0.29) is 13.2 Å². The van der Waals surface area contributed by atoms with Gasteiger partial charge in [-0.25, -0.2) is 0 Å². The van der Waals surface area contributed by atoms with Gasteiger partial charge in [0.1, 0.15) is 0 Å². The van der Waals surface area contributed by atoms with E-state index in [1.807, 2.05) is 29.6 Å². The molecule has 1 atom stereocenters. The zero-order valence-corrected chi connectivity index (χ0v) is 9.41. The van der Waals surface area contributed by atoms with E-state index in [1.54, 1.807) is 11.3 Å². The smallest absolute Gasteiger partial charge is 0.170 e. The Morgan fingerprint density at radius 2 is 2.25 bits per heavy atom.